The first kappa shape index (κ1) is 19.7. The van der Waals surface area contributed by atoms with E-state index in [0.717, 1.165) is 10.5 Å². The number of aromatic nitrogens is 2. The fourth-order valence-electron chi connectivity index (χ4n) is 4.16. The third-order valence-electron chi connectivity index (χ3n) is 5.70. The quantitative estimate of drug-likeness (QED) is 0.511. The molecule has 1 N–H and O–H groups in total. The number of urea groups is 1. The number of nitrogens with zero attached hydrogens (tertiary/aromatic N) is 3. The van der Waals surface area contributed by atoms with E-state index < -0.39 is 17.5 Å². The van der Waals surface area contributed by atoms with Gasteiger partial charge in [-0.3, -0.25) is 18.9 Å². The third-order valence-corrected chi connectivity index (χ3v) is 5.70. The van der Waals surface area contributed by atoms with E-state index in [1.807, 2.05) is 73.7 Å². The highest BCUT2D eigenvalue weighted by Crippen LogP contribution is 2.36. The Bertz CT molecular complexity index is 1360. The molecule has 0 aliphatic carbocycles. The second kappa shape index (κ2) is 7.46. The summed E-state index contributed by atoms with van der Waals surface area (Å²) in [5.41, 5.74) is 1.45. The number of hydrogen-bond acceptors (Lipinski definition) is 4. The van der Waals surface area contributed by atoms with Crippen LogP contribution in [0, 0.1) is 6.92 Å². The lowest BCUT2D eigenvalue weighted by Crippen LogP contribution is -2.45. The van der Waals surface area contributed by atoms with Crippen LogP contribution in [0.2, 0.25) is 0 Å². The van der Waals surface area contributed by atoms with Gasteiger partial charge < -0.3 is 5.32 Å². The first-order valence-electron chi connectivity index (χ1n) is 10.2. The van der Waals surface area contributed by atoms with Crippen LogP contribution in [0.4, 0.5) is 4.79 Å². The van der Waals surface area contributed by atoms with E-state index in [1.165, 1.54) is 10.5 Å². The van der Waals surface area contributed by atoms with Crippen LogP contribution in [-0.2, 0) is 16.9 Å². The summed E-state index contributed by atoms with van der Waals surface area (Å²) in [6.45, 7) is 1.78. The Morgan fingerprint density at radius 2 is 1.50 bits per heavy atom. The van der Waals surface area contributed by atoms with Gasteiger partial charge in [-0.15, -0.1) is 0 Å². The molecule has 158 valence electrons. The predicted octanol–water partition coefficient (Wildman–Crippen LogP) is 3.00. The number of amides is 3. The van der Waals surface area contributed by atoms with Gasteiger partial charge >= 0.3 is 6.03 Å². The van der Waals surface area contributed by atoms with E-state index in [1.54, 1.807) is 12.3 Å². The number of aryl methyl sites for hydroxylation is 1. The lowest BCUT2D eigenvalue weighted by molar-refractivity contribution is -0.130. The number of imide groups is 1. The third kappa shape index (κ3) is 3.06. The van der Waals surface area contributed by atoms with Gasteiger partial charge in [-0.1, -0.05) is 66.7 Å². The van der Waals surface area contributed by atoms with Gasteiger partial charge in [0.05, 0.1) is 12.2 Å². The number of pyridine rings is 1. The van der Waals surface area contributed by atoms with Crippen molar-refractivity contribution < 1.29 is 9.59 Å². The molecule has 0 unspecified atom stereocenters. The van der Waals surface area contributed by atoms with Crippen molar-refractivity contribution in [3.8, 4) is 0 Å². The molecule has 7 nitrogen and oxygen atoms in total. The van der Waals surface area contributed by atoms with Crippen molar-refractivity contribution in [2.75, 3.05) is 0 Å². The molecule has 5 rings (SSSR count). The van der Waals surface area contributed by atoms with Crippen molar-refractivity contribution in [2.24, 2.45) is 0 Å². The average molecular weight is 424 g/mol. The Morgan fingerprint density at radius 1 is 0.875 bits per heavy atom. The van der Waals surface area contributed by atoms with Gasteiger partial charge in [0.25, 0.3) is 11.5 Å². The highest BCUT2D eigenvalue weighted by Gasteiger charge is 2.53. The lowest BCUT2D eigenvalue weighted by atomic mass is 9.82. The summed E-state index contributed by atoms with van der Waals surface area (Å²) in [7, 11) is 0. The highest BCUT2D eigenvalue weighted by molar-refractivity contribution is 6.09. The van der Waals surface area contributed by atoms with Crippen LogP contribution >= 0.6 is 0 Å². The Hall–Kier alpha value is -4.26. The van der Waals surface area contributed by atoms with E-state index in [2.05, 4.69) is 10.3 Å². The van der Waals surface area contributed by atoms with E-state index in [0.29, 0.717) is 22.5 Å². The molecule has 3 heterocycles. The maximum absolute atomic E-state index is 13.8. The van der Waals surface area contributed by atoms with Crippen molar-refractivity contribution in [3.63, 3.8) is 0 Å². The number of rotatable bonds is 4. The molecule has 0 radical (unpaired) electrons. The molecule has 32 heavy (non-hydrogen) atoms. The fraction of sp³-hybridized carbons (Fsp3) is 0.120. The zero-order valence-electron chi connectivity index (χ0n) is 17.4. The van der Waals surface area contributed by atoms with Crippen LogP contribution in [0.3, 0.4) is 0 Å². The van der Waals surface area contributed by atoms with Gasteiger partial charge in [0, 0.05) is 12.3 Å². The van der Waals surface area contributed by atoms with Crippen LogP contribution in [-0.4, -0.2) is 26.2 Å². The largest absolute Gasteiger partial charge is 0.325 e. The summed E-state index contributed by atoms with van der Waals surface area (Å²) in [6.07, 6.45) is 1.71. The Morgan fingerprint density at radius 3 is 2.12 bits per heavy atom. The van der Waals surface area contributed by atoms with E-state index in [4.69, 9.17) is 0 Å². The summed E-state index contributed by atoms with van der Waals surface area (Å²) in [4.78, 5) is 45.0. The van der Waals surface area contributed by atoms with Gasteiger partial charge in [0.15, 0.2) is 5.54 Å². The first-order valence-corrected chi connectivity index (χ1v) is 10.2. The summed E-state index contributed by atoms with van der Waals surface area (Å²) < 4.78 is 1.45. The highest BCUT2D eigenvalue weighted by atomic mass is 16.2. The Kier molecular flexibility index (Phi) is 4.59. The summed E-state index contributed by atoms with van der Waals surface area (Å²) in [6, 6.07) is 22.7. The maximum Gasteiger partial charge on any atom is 0.325 e. The van der Waals surface area contributed by atoms with Crippen molar-refractivity contribution >= 4 is 17.6 Å². The molecule has 0 spiro atoms. The zero-order chi connectivity index (χ0) is 22.3. The minimum absolute atomic E-state index is 0.105. The number of carbonyl (C=O) groups is 2. The monoisotopic (exact) mass is 424 g/mol. The summed E-state index contributed by atoms with van der Waals surface area (Å²) in [5.74, 6) is -0.411. The van der Waals surface area contributed by atoms with E-state index >= 15 is 0 Å². The van der Waals surface area contributed by atoms with Crippen LogP contribution < -0.4 is 10.9 Å². The van der Waals surface area contributed by atoms with Crippen molar-refractivity contribution in [3.05, 3.63) is 118 Å². The summed E-state index contributed by atoms with van der Waals surface area (Å²) >= 11 is 0. The number of carbonyl (C=O) groups excluding carboxylic acids is 2. The minimum atomic E-state index is -1.34. The standard InChI is InChI=1S/C25H20N4O3/c1-17-12-13-21-26-20(14-22(30)28(21)15-17)16-29-23(31)25(27-24(29)32,18-8-4-2-5-9-18)19-10-6-3-7-11-19/h2-15H,16H2,1H3,(H,27,32). The Balaban J connectivity index is 1.58. The second-order valence-corrected chi connectivity index (χ2v) is 7.82. The van der Waals surface area contributed by atoms with Crippen molar-refractivity contribution in [2.45, 2.75) is 19.0 Å². The van der Waals surface area contributed by atoms with E-state index in [-0.39, 0.29) is 12.1 Å². The van der Waals surface area contributed by atoms with Crippen molar-refractivity contribution in [1.82, 2.24) is 19.6 Å². The Labute approximate surface area is 184 Å². The average Bonchev–Trinajstić information content (AvgIpc) is 3.06. The molecule has 1 fully saturated rings. The van der Waals surface area contributed by atoms with Gasteiger partial charge in [-0.25, -0.2) is 9.78 Å². The molecule has 1 aliphatic rings. The van der Waals surface area contributed by atoms with Crippen LogP contribution in [0.25, 0.3) is 5.65 Å². The zero-order valence-corrected chi connectivity index (χ0v) is 17.4. The summed E-state index contributed by atoms with van der Waals surface area (Å²) in [5, 5.41) is 2.91. The molecule has 0 bridgehead atoms. The molecule has 3 amide bonds. The number of hydrogen-bond donors (Lipinski definition) is 1. The topological polar surface area (TPSA) is 83.8 Å². The van der Waals surface area contributed by atoms with Crippen LogP contribution in [0.5, 0.6) is 0 Å². The minimum Gasteiger partial charge on any atom is -0.315 e. The molecular formula is C25H20N4O3. The molecule has 1 saturated heterocycles. The van der Waals surface area contributed by atoms with Gasteiger partial charge in [-0.05, 0) is 29.7 Å². The fourth-order valence-corrected chi connectivity index (χ4v) is 4.16. The number of benzene rings is 2. The number of nitrogens with one attached hydrogen (secondary N) is 1. The normalized spacial score (nSPS) is 15.2. The lowest BCUT2D eigenvalue weighted by Gasteiger charge is -2.28. The van der Waals surface area contributed by atoms with Gasteiger partial charge in [0.2, 0.25) is 0 Å². The van der Waals surface area contributed by atoms with Crippen molar-refractivity contribution in [1.29, 1.82) is 0 Å². The molecule has 2 aromatic carbocycles. The molecule has 0 saturated carbocycles. The molecule has 0 atom stereocenters. The second-order valence-electron chi connectivity index (χ2n) is 7.82. The molecule has 1 aliphatic heterocycles. The molecule has 2 aromatic heterocycles. The van der Waals surface area contributed by atoms with Crippen LogP contribution in [0.1, 0.15) is 22.4 Å². The number of fused-ring (bicyclic) bond motifs is 1. The molecular weight excluding hydrogens is 404 g/mol. The van der Waals surface area contributed by atoms with Gasteiger partial charge in [-0.2, -0.15) is 0 Å². The van der Waals surface area contributed by atoms with Crippen LogP contribution in [0.15, 0.2) is 89.9 Å². The van der Waals surface area contributed by atoms with Gasteiger partial charge in [0.1, 0.15) is 5.65 Å². The smallest absolute Gasteiger partial charge is 0.315 e. The molecule has 7 heteroatoms. The first-order chi connectivity index (χ1) is 15.5. The van der Waals surface area contributed by atoms with E-state index in [9.17, 15) is 14.4 Å². The SMILES string of the molecule is Cc1ccc2nc(CN3C(=O)NC(c4ccccc4)(c4ccccc4)C3=O)cc(=O)n2c1. The molecule has 4 aromatic rings. The predicted molar refractivity (Wildman–Crippen MR) is 119 cm³/mol. The maximum atomic E-state index is 13.8.